The lowest BCUT2D eigenvalue weighted by Crippen LogP contribution is -2.10. The van der Waals surface area contributed by atoms with Crippen LogP contribution in [0.1, 0.15) is 18.5 Å². The molecule has 5 heteroatoms. The maximum atomic E-state index is 12.1. The van der Waals surface area contributed by atoms with Gasteiger partial charge in [0, 0.05) is 17.7 Å². The van der Waals surface area contributed by atoms with E-state index < -0.39 is 6.61 Å². The Morgan fingerprint density at radius 3 is 2.47 bits per heavy atom. The molecule has 0 radical (unpaired) electrons. The van der Waals surface area contributed by atoms with Gasteiger partial charge in [0.05, 0.1) is 7.11 Å². The first kappa shape index (κ1) is 11.7. The zero-order valence-electron chi connectivity index (χ0n) is 8.54. The number of ether oxygens (including phenoxy) is 2. The Morgan fingerprint density at radius 1 is 1.33 bits per heavy atom. The smallest absolute Gasteiger partial charge is 0.387 e. The first-order valence-electron chi connectivity index (χ1n) is 4.43. The number of methoxy groups -OCH3 is 1. The number of hydrogen-bond acceptors (Lipinski definition) is 3. The van der Waals surface area contributed by atoms with Gasteiger partial charge >= 0.3 is 6.61 Å². The van der Waals surface area contributed by atoms with Gasteiger partial charge in [-0.25, -0.2) is 0 Å². The Labute approximate surface area is 86.8 Å². The Bertz CT molecular complexity index is 329. The second-order valence-electron chi connectivity index (χ2n) is 3.07. The number of hydrogen-bond donors (Lipinski definition) is 1. The van der Waals surface area contributed by atoms with Crippen molar-refractivity contribution < 1.29 is 18.3 Å². The predicted octanol–water partition coefficient (Wildman–Crippen LogP) is 2.32. The van der Waals surface area contributed by atoms with Crippen molar-refractivity contribution in [2.75, 3.05) is 7.11 Å². The predicted molar refractivity (Wildman–Crippen MR) is 52.2 cm³/mol. The fourth-order valence-corrected chi connectivity index (χ4v) is 1.22. The van der Waals surface area contributed by atoms with Gasteiger partial charge in [0.15, 0.2) is 0 Å². The highest BCUT2D eigenvalue weighted by Crippen LogP contribution is 2.29. The molecular weight excluding hydrogens is 204 g/mol. The minimum absolute atomic E-state index is 0.0550. The average Bonchev–Trinajstić information content (AvgIpc) is 2.16. The summed E-state index contributed by atoms with van der Waals surface area (Å²) in [5.74, 6) is 0.509. The maximum Gasteiger partial charge on any atom is 0.387 e. The van der Waals surface area contributed by atoms with Gasteiger partial charge < -0.3 is 15.2 Å². The van der Waals surface area contributed by atoms with Crippen LogP contribution in [0.3, 0.4) is 0 Å². The van der Waals surface area contributed by atoms with E-state index in [1.165, 1.54) is 13.2 Å². The monoisotopic (exact) mass is 217 g/mol. The van der Waals surface area contributed by atoms with E-state index in [1.807, 2.05) is 0 Å². The van der Waals surface area contributed by atoms with Crippen molar-refractivity contribution in [3.8, 4) is 11.5 Å². The summed E-state index contributed by atoms with van der Waals surface area (Å²) in [5, 5.41) is 0. The molecule has 1 atom stereocenters. The molecule has 0 saturated carbocycles. The summed E-state index contributed by atoms with van der Waals surface area (Å²) in [4.78, 5) is 0. The van der Waals surface area contributed by atoms with Gasteiger partial charge in [-0.2, -0.15) is 8.78 Å². The van der Waals surface area contributed by atoms with Crippen LogP contribution in [0.4, 0.5) is 8.78 Å². The van der Waals surface area contributed by atoms with Crippen LogP contribution in [0.25, 0.3) is 0 Å². The molecule has 0 aliphatic carbocycles. The third-order valence-corrected chi connectivity index (χ3v) is 1.93. The first-order chi connectivity index (χ1) is 7.04. The zero-order valence-corrected chi connectivity index (χ0v) is 8.54. The van der Waals surface area contributed by atoms with E-state index in [1.54, 1.807) is 19.1 Å². The normalized spacial score (nSPS) is 12.7. The quantitative estimate of drug-likeness (QED) is 0.841. The van der Waals surface area contributed by atoms with Crippen LogP contribution in [-0.2, 0) is 0 Å². The van der Waals surface area contributed by atoms with E-state index in [0.29, 0.717) is 11.3 Å². The highest BCUT2D eigenvalue weighted by atomic mass is 19.3. The molecule has 15 heavy (non-hydrogen) atoms. The van der Waals surface area contributed by atoms with Crippen molar-refractivity contribution in [1.29, 1.82) is 0 Å². The second kappa shape index (κ2) is 4.93. The lowest BCUT2D eigenvalue weighted by molar-refractivity contribution is -0.0506. The molecule has 2 N–H and O–H groups in total. The number of alkyl halides is 2. The van der Waals surface area contributed by atoms with Gasteiger partial charge in [0.1, 0.15) is 11.5 Å². The molecule has 0 aromatic heterocycles. The molecule has 1 unspecified atom stereocenters. The van der Waals surface area contributed by atoms with Gasteiger partial charge in [-0.05, 0) is 13.0 Å². The van der Waals surface area contributed by atoms with Crippen LogP contribution in [-0.4, -0.2) is 13.7 Å². The van der Waals surface area contributed by atoms with Crippen LogP contribution in [0.15, 0.2) is 18.2 Å². The van der Waals surface area contributed by atoms with Crippen LogP contribution in [0.2, 0.25) is 0 Å². The van der Waals surface area contributed by atoms with Crippen LogP contribution >= 0.6 is 0 Å². The number of rotatable bonds is 4. The molecule has 0 aliphatic rings. The molecule has 0 aliphatic heterocycles. The molecule has 0 spiro atoms. The van der Waals surface area contributed by atoms with Crippen LogP contribution < -0.4 is 15.2 Å². The minimum Gasteiger partial charge on any atom is -0.497 e. The molecule has 1 aromatic carbocycles. The molecule has 84 valence electrons. The van der Waals surface area contributed by atoms with E-state index in [-0.39, 0.29) is 11.8 Å². The van der Waals surface area contributed by atoms with E-state index in [9.17, 15) is 8.78 Å². The Hall–Kier alpha value is -1.36. The highest BCUT2D eigenvalue weighted by Gasteiger charge is 2.13. The molecular formula is C10H13F2NO2. The summed E-state index contributed by atoms with van der Waals surface area (Å²) in [6, 6.07) is 4.29. The summed E-state index contributed by atoms with van der Waals surface area (Å²) >= 11 is 0. The molecule has 0 heterocycles. The van der Waals surface area contributed by atoms with Gasteiger partial charge in [-0.3, -0.25) is 0 Å². The number of benzene rings is 1. The lowest BCUT2D eigenvalue weighted by Gasteiger charge is -2.14. The number of halogens is 2. The summed E-state index contributed by atoms with van der Waals surface area (Å²) < 4.78 is 33.5. The van der Waals surface area contributed by atoms with Crippen LogP contribution in [0, 0.1) is 0 Å². The summed E-state index contributed by atoms with van der Waals surface area (Å²) in [6.45, 7) is -1.17. The largest absolute Gasteiger partial charge is 0.497 e. The third-order valence-electron chi connectivity index (χ3n) is 1.93. The Kier molecular flexibility index (Phi) is 3.85. The molecule has 1 rings (SSSR count). The third kappa shape index (κ3) is 3.06. The molecule has 3 nitrogen and oxygen atoms in total. The Morgan fingerprint density at radius 2 is 2.00 bits per heavy atom. The lowest BCUT2D eigenvalue weighted by atomic mass is 10.1. The molecule has 0 amide bonds. The molecule has 1 aromatic rings. The fourth-order valence-electron chi connectivity index (χ4n) is 1.22. The molecule has 0 saturated heterocycles. The van der Waals surface area contributed by atoms with Crippen molar-refractivity contribution in [3.63, 3.8) is 0 Å². The average molecular weight is 217 g/mol. The fraction of sp³-hybridized carbons (Fsp3) is 0.400. The van der Waals surface area contributed by atoms with Crippen molar-refractivity contribution in [2.45, 2.75) is 19.6 Å². The minimum atomic E-state index is -2.87. The first-order valence-corrected chi connectivity index (χ1v) is 4.43. The van der Waals surface area contributed by atoms with Crippen molar-refractivity contribution in [2.24, 2.45) is 5.73 Å². The topological polar surface area (TPSA) is 44.5 Å². The standard InChI is InChI=1S/C10H13F2NO2/c1-6(13)8-4-3-7(14-2)5-9(8)15-10(11)12/h3-6,10H,13H2,1-2H3. The van der Waals surface area contributed by atoms with E-state index in [0.717, 1.165) is 0 Å². The van der Waals surface area contributed by atoms with Gasteiger partial charge in [0.25, 0.3) is 0 Å². The van der Waals surface area contributed by atoms with Crippen molar-refractivity contribution >= 4 is 0 Å². The SMILES string of the molecule is COc1ccc(C(C)N)c(OC(F)F)c1. The van der Waals surface area contributed by atoms with Gasteiger partial charge in [-0.1, -0.05) is 6.07 Å². The van der Waals surface area contributed by atoms with E-state index in [2.05, 4.69) is 4.74 Å². The molecule has 0 fully saturated rings. The van der Waals surface area contributed by atoms with E-state index >= 15 is 0 Å². The Balaban J connectivity index is 3.05. The number of nitrogens with two attached hydrogens (primary N) is 1. The summed E-state index contributed by atoms with van der Waals surface area (Å²) in [7, 11) is 1.45. The summed E-state index contributed by atoms with van der Waals surface area (Å²) in [5.41, 5.74) is 6.14. The zero-order chi connectivity index (χ0) is 11.4. The molecule has 0 bridgehead atoms. The second-order valence-corrected chi connectivity index (χ2v) is 3.07. The van der Waals surface area contributed by atoms with Gasteiger partial charge in [-0.15, -0.1) is 0 Å². The van der Waals surface area contributed by atoms with Crippen molar-refractivity contribution in [3.05, 3.63) is 23.8 Å². The van der Waals surface area contributed by atoms with Crippen LogP contribution in [0.5, 0.6) is 11.5 Å². The van der Waals surface area contributed by atoms with Gasteiger partial charge in [0.2, 0.25) is 0 Å². The summed E-state index contributed by atoms with van der Waals surface area (Å²) in [6.07, 6.45) is 0. The van der Waals surface area contributed by atoms with E-state index in [4.69, 9.17) is 10.5 Å². The maximum absolute atomic E-state index is 12.1. The van der Waals surface area contributed by atoms with Crippen molar-refractivity contribution in [1.82, 2.24) is 0 Å². The highest BCUT2D eigenvalue weighted by molar-refractivity contribution is 5.42.